The molecule has 0 aromatic carbocycles. The van der Waals surface area contributed by atoms with E-state index in [9.17, 15) is 0 Å². The summed E-state index contributed by atoms with van der Waals surface area (Å²) in [5.41, 5.74) is 0. The molecular weight excluding hydrogens is 196 g/mol. The molecule has 2 nitrogen and oxygen atoms in total. The Labute approximate surface area is 101 Å². The molecule has 1 saturated heterocycles. The van der Waals surface area contributed by atoms with Crippen molar-refractivity contribution < 1.29 is 0 Å². The molecule has 16 heavy (non-hydrogen) atoms. The van der Waals surface area contributed by atoms with Crippen molar-refractivity contribution in [1.82, 2.24) is 10.2 Å². The normalized spacial score (nSPS) is 33.9. The molecule has 2 aliphatic rings. The fraction of sp³-hybridized carbons (Fsp3) is 1.00. The molecule has 1 aliphatic heterocycles. The first-order chi connectivity index (χ1) is 7.70. The van der Waals surface area contributed by atoms with E-state index in [1.165, 1.54) is 38.8 Å². The van der Waals surface area contributed by atoms with Crippen LogP contribution in [0.4, 0.5) is 0 Å². The van der Waals surface area contributed by atoms with Crippen molar-refractivity contribution in [3.05, 3.63) is 0 Å². The van der Waals surface area contributed by atoms with Crippen molar-refractivity contribution in [2.45, 2.75) is 58.5 Å². The van der Waals surface area contributed by atoms with Gasteiger partial charge in [-0.15, -0.1) is 0 Å². The molecule has 2 rings (SSSR count). The maximum Gasteiger partial charge on any atom is 0.0223 e. The quantitative estimate of drug-likeness (QED) is 0.772. The van der Waals surface area contributed by atoms with Gasteiger partial charge >= 0.3 is 0 Å². The van der Waals surface area contributed by atoms with Crippen molar-refractivity contribution in [1.29, 1.82) is 0 Å². The minimum atomic E-state index is 0.762. The second-order valence-electron chi connectivity index (χ2n) is 5.99. The van der Waals surface area contributed by atoms with Gasteiger partial charge in [0.25, 0.3) is 0 Å². The summed E-state index contributed by atoms with van der Waals surface area (Å²) in [5, 5.41) is 3.69. The highest BCUT2D eigenvalue weighted by atomic mass is 15.2. The average molecular weight is 224 g/mol. The Morgan fingerprint density at radius 3 is 2.56 bits per heavy atom. The molecule has 0 spiro atoms. The van der Waals surface area contributed by atoms with Crippen LogP contribution in [0.5, 0.6) is 0 Å². The molecule has 0 aromatic heterocycles. The second-order valence-corrected chi connectivity index (χ2v) is 5.99. The predicted molar refractivity (Wildman–Crippen MR) is 69.6 cm³/mol. The van der Waals surface area contributed by atoms with E-state index in [1.54, 1.807) is 0 Å². The molecule has 1 N–H and O–H groups in total. The second kappa shape index (κ2) is 5.50. The zero-order valence-corrected chi connectivity index (χ0v) is 11.2. The van der Waals surface area contributed by atoms with E-state index >= 15 is 0 Å². The summed E-state index contributed by atoms with van der Waals surface area (Å²) in [6.07, 6.45) is 5.72. The summed E-state index contributed by atoms with van der Waals surface area (Å²) in [4.78, 5) is 2.72. The first-order valence-corrected chi connectivity index (χ1v) is 7.18. The van der Waals surface area contributed by atoms with E-state index in [2.05, 4.69) is 31.0 Å². The van der Waals surface area contributed by atoms with Crippen LogP contribution in [0.25, 0.3) is 0 Å². The lowest BCUT2D eigenvalue weighted by Crippen LogP contribution is -2.49. The van der Waals surface area contributed by atoms with Crippen LogP contribution >= 0.6 is 0 Å². The van der Waals surface area contributed by atoms with Crippen LogP contribution in [0.2, 0.25) is 0 Å². The molecular formula is C14H28N2. The van der Waals surface area contributed by atoms with Crippen molar-refractivity contribution >= 4 is 0 Å². The number of likely N-dealkylation sites (tertiary alicyclic amines) is 1. The van der Waals surface area contributed by atoms with Crippen molar-refractivity contribution in [2.24, 2.45) is 11.8 Å². The summed E-state index contributed by atoms with van der Waals surface area (Å²) in [6.45, 7) is 10.8. The summed E-state index contributed by atoms with van der Waals surface area (Å²) in [5.74, 6) is 1.88. The molecule has 1 heterocycles. The monoisotopic (exact) mass is 224 g/mol. The Bertz CT molecular complexity index is 213. The van der Waals surface area contributed by atoms with Gasteiger partial charge in [-0.1, -0.05) is 13.8 Å². The van der Waals surface area contributed by atoms with E-state index in [1.807, 2.05) is 0 Å². The number of rotatable bonds is 5. The topological polar surface area (TPSA) is 15.3 Å². The Hall–Kier alpha value is -0.0800. The number of piperidine rings is 1. The fourth-order valence-electron chi connectivity index (χ4n) is 3.03. The average Bonchev–Trinajstić information content (AvgIpc) is 3.06. The number of hydrogen-bond acceptors (Lipinski definition) is 2. The lowest BCUT2D eigenvalue weighted by atomic mass is 9.94. The van der Waals surface area contributed by atoms with Gasteiger partial charge in [0, 0.05) is 25.2 Å². The number of hydrogen-bond donors (Lipinski definition) is 1. The van der Waals surface area contributed by atoms with Crippen LogP contribution in [-0.2, 0) is 0 Å². The van der Waals surface area contributed by atoms with Gasteiger partial charge in [0.1, 0.15) is 0 Å². The highest BCUT2D eigenvalue weighted by Crippen LogP contribution is 2.34. The smallest absolute Gasteiger partial charge is 0.0223 e. The van der Waals surface area contributed by atoms with E-state index in [4.69, 9.17) is 0 Å². The molecule has 1 aliphatic carbocycles. The van der Waals surface area contributed by atoms with Crippen molar-refractivity contribution in [2.75, 3.05) is 19.6 Å². The van der Waals surface area contributed by atoms with Crippen LogP contribution in [-0.4, -0.2) is 36.6 Å². The minimum absolute atomic E-state index is 0.762. The Morgan fingerprint density at radius 2 is 1.94 bits per heavy atom. The summed E-state index contributed by atoms with van der Waals surface area (Å²) < 4.78 is 0. The van der Waals surface area contributed by atoms with Gasteiger partial charge < -0.3 is 5.32 Å². The lowest BCUT2D eigenvalue weighted by molar-refractivity contribution is 0.108. The Morgan fingerprint density at radius 1 is 1.19 bits per heavy atom. The molecule has 94 valence electrons. The van der Waals surface area contributed by atoms with Crippen LogP contribution < -0.4 is 5.32 Å². The fourth-order valence-corrected chi connectivity index (χ4v) is 3.03. The summed E-state index contributed by atoms with van der Waals surface area (Å²) in [7, 11) is 0. The van der Waals surface area contributed by atoms with Gasteiger partial charge in [-0.2, -0.15) is 0 Å². The zero-order chi connectivity index (χ0) is 11.5. The van der Waals surface area contributed by atoms with Gasteiger partial charge in [-0.3, -0.25) is 4.90 Å². The summed E-state index contributed by atoms with van der Waals surface area (Å²) in [6, 6.07) is 1.56. The molecule has 1 saturated carbocycles. The van der Waals surface area contributed by atoms with E-state index in [-0.39, 0.29) is 0 Å². The third-order valence-electron chi connectivity index (χ3n) is 4.34. The molecule has 3 unspecified atom stereocenters. The Balaban J connectivity index is 1.84. The van der Waals surface area contributed by atoms with Gasteiger partial charge in [0.2, 0.25) is 0 Å². The number of nitrogens with zero attached hydrogens (tertiary/aromatic N) is 1. The maximum atomic E-state index is 3.69. The number of nitrogens with one attached hydrogen (secondary N) is 1. The highest BCUT2D eigenvalue weighted by molar-refractivity contribution is 4.90. The van der Waals surface area contributed by atoms with Gasteiger partial charge in [-0.25, -0.2) is 0 Å². The molecule has 2 fully saturated rings. The Kier molecular flexibility index (Phi) is 4.26. The number of likely N-dealkylation sites (N-methyl/N-ethyl adjacent to an activating group) is 1. The molecule has 2 heteroatoms. The van der Waals surface area contributed by atoms with Crippen LogP contribution in [0.3, 0.4) is 0 Å². The van der Waals surface area contributed by atoms with Gasteiger partial charge in [0.05, 0.1) is 0 Å². The van der Waals surface area contributed by atoms with E-state index in [0.29, 0.717) is 0 Å². The van der Waals surface area contributed by atoms with E-state index in [0.717, 1.165) is 30.5 Å². The zero-order valence-electron chi connectivity index (χ0n) is 11.2. The molecule has 0 aromatic rings. The first kappa shape index (κ1) is 12.4. The maximum absolute atomic E-state index is 3.69. The molecule has 3 atom stereocenters. The van der Waals surface area contributed by atoms with E-state index < -0.39 is 0 Å². The summed E-state index contributed by atoms with van der Waals surface area (Å²) >= 11 is 0. The van der Waals surface area contributed by atoms with Crippen molar-refractivity contribution in [3.8, 4) is 0 Å². The van der Waals surface area contributed by atoms with Crippen molar-refractivity contribution in [3.63, 3.8) is 0 Å². The first-order valence-electron chi connectivity index (χ1n) is 7.18. The van der Waals surface area contributed by atoms with Gasteiger partial charge in [-0.05, 0) is 51.0 Å². The molecule has 0 amide bonds. The minimum Gasteiger partial charge on any atom is -0.313 e. The SMILES string of the molecule is CCNC(CN1CC(C)CCC1C)C1CC1. The third kappa shape index (κ3) is 3.21. The molecule has 0 bridgehead atoms. The third-order valence-corrected chi connectivity index (χ3v) is 4.34. The highest BCUT2D eigenvalue weighted by Gasteiger charge is 2.33. The van der Waals surface area contributed by atoms with Crippen LogP contribution in [0.1, 0.15) is 46.5 Å². The molecule has 0 radical (unpaired) electrons. The van der Waals surface area contributed by atoms with Gasteiger partial charge in [0.15, 0.2) is 0 Å². The van der Waals surface area contributed by atoms with Crippen LogP contribution in [0.15, 0.2) is 0 Å². The van der Waals surface area contributed by atoms with Crippen LogP contribution in [0, 0.1) is 11.8 Å². The standard InChI is InChI=1S/C14H28N2/c1-4-15-14(13-7-8-13)10-16-9-11(2)5-6-12(16)3/h11-15H,4-10H2,1-3H3. The largest absolute Gasteiger partial charge is 0.313 e. The predicted octanol–water partition coefficient (Wildman–Crippen LogP) is 2.49. The lowest BCUT2D eigenvalue weighted by Gasteiger charge is -2.39.